The summed E-state index contributed by atoms with van der Waals surface area (Å²) in [6, 6.07) is 5.75. The van der Waals surface area contributed by atoms with Gasteiger partial charge in [-0.05, 0) is 40.4 Å². The summed E-state index contributed by atoms with van der Waals surface area (Å²) >= 11 is 4.93. The number of carbonyl (C=O) groups excluding carboxylic acids is 1. The predicted molar refractivity (Wildman–Crippen MR) is 72.1 cm³/mol. The van der Waals surface area contributed by atoms with Gasteiger partial charge < -0.3 is 5.32 Å². The van der Waals surface area contributed by atoms with Gasteiger partial charge in [-0.2, -0.15) is 0 Å². The lowest BCUT2D eigenvalue weighted by atomic mass is 10.2. The van der Waals surface area contributed by atoms with Crippen molar-refractivity contribution in [2.24, 2.45) is 0 Å². The molecule has 0 aromatic carbocycles. The highest BCUT2D eigenvalue weighted by molar-refractivity contribution is 9.10. The summed E-state index contributed by atoms with van der Waals surface area (Å²) < 4.78 is 0.800. The molecule has 88 valence electrons. The second-order valence-electron chi connectivity index (χ2n) is 3.60. The summed E-state index contributed by atoms with van der Waals surface area (Å²) in [6.07, 6.45) is 3.21. The molecule has 5 heteroatoms. The highest BCUT2D eigenvalue weighted by Gasteiger charge is 2.12. The van der Waals surface area contributed by atoms with E-state index in [9.17, 15) is 4.79 Å². The van der Waals surface area contributed by atoms with Crippen molar-refractivity contribution >= 4 is 33.2 Å². The molecule has 1 N–H and O–H groups in total. The first kappa shape index (κ1) is 12.3. The molecular formula is C12H11BrN2OS. The van der Waals surface area contributed by atoms with Crippen molar-refractivity contribution in [3.63, 3.8) is 0 Å². The molecular weight excluding hydrogens is 300 g/mol. The average Bonchev–Trinajstić information content (AvgIpc) is 2.82. The van der Waals surface area contributed by atoms with Gasteiger partial charge in [0.15, 0.2) is 0 Å². The van der Waals surface area contributed by atoms with Crippen molar-refractivity contribution in [2.75, 3.05) is 0 Å². The molecule has 0 fully saturated rings. The van der Waals surface area contributed by atoms with Gasteiger partial charge in [0.05, 0.1) is 11.6 Å². The number of amides is 1. The maximum Gasteiger partial charge on any atom is 0.253 e. The van der Waals surface area contributed by atoms with Gasteiger partial charge in [0.25, 0.3) is 5.91 Å². The van der Waals surface area contributed by atoms with E-state index in [0.717, 1.165) is 9.35 Å². The lowest BCUT2D eigenvalue weighted by molar-refractivity contribution is 0.0940. The molecule has 17 heavy (non-hydrogen) atoms. The number of carbonyl (C=O) groups is 1. The van der Waals surface area contributed by atoms with Crippen LogP contribution in [0.2, 0.25) is 0 Å². The van der Waals surface area contributed by atoms with Crippen molar-refractivity contribution in [2.45, 2.75) is 13.0 Å². The number of halogens is 1. The van der Waals surface area contributed by atoms with Crippen molar-refractivity contribution in [1.82, 2.24) is 10.3 Å². The second-order valence-corrected chi connectivity index (χ2v) is 5.50. The molecule has 0 spiro atoms. The largest absolute Gasteiger partial charge is 0.345 e. The fourth-order valence-corrected chi connectivity index (χ4v) is 2.52. The van der Waals surface area contributed by atoms with Gasteiger partial charge in [-0.15, -0.1) is 11.3 Å². The van der Waals surface area contributed by atoms with E-state index in [1.807, 2.05) is 24.4 Å². The lowest BCUT2D eigenvalue weighted by Crippen LogP contribution is -2.26. The first-order chi connectivity index (χ1) is 8.16. The minimum Gasteiger partial charge on any atom is -0.345 e. The zero-order chi connectivity index (χ0) is 12.3. The standard InChI is InChI=1S/C12H11BrN2OS/c1-8(11-3-2-4-17-11)15-12(16)9-5-10(13)7-14-6-9/h2-8H,1H3,(H,15,16)/t8-/m1/s1. The van der Waals surface area contributed by atoms with Crippen LogP contribution in [0.5, 0.6) is 0 Å². The molecule has 0 bridgehead atoms. The van der Waals surface area contributed by atoms with Crippen LogP contribution < -0.4 is 5.32 Å². The Morgan fingerprint density at radius 3 is 3.00 bits per heavy atom. The lowest BCUT2D eigenvalue weighted by Gasteiger charge is -2.11. The molecule has 2 aromatic heterocycles. The monoisotopic (exact) mass is 310 g/mol. The van der Waals surface area contributed by atoms with E-state index in [0.29, 0.717) is 5.56 Å². The smallest absolute Gasteiger partial charge is 0.253 e. The van der Waals surface area contributed by atoms with E-state index in [4.69, 9.17) is 0 Å². The van der Waals surface area contributed by atoms with Crippen LogP contribution in [0.4, 0.5) is 0 Å². The summed E-state index contributed by atoms with van der Waals surface area (Å²) in [5, 5.41) is 4.94. The molecule has 1 amide bonds. The number of rotatable bonds is 3. The van der Waals surface area contributed by atoms with Gasteiger partial charge >= 0.3 is 0 Å². The van der Waals surface area contributed by atoms with Crippen molar-refractivity contribution in [3.8, 4) is 0 Å². The van der Waals surface area contributed by atoms with Crippen LogP contribution in [0.1, 0.15) is 28.2 Å². The third-order valence-corrected chi connectivity index (χ3v) is 3.77. The fraction of sp³-hybridized carbons (Fsp3) is 0.167. The molecule has 0 saturated carbocycles. The Kier molecular flexibility index (Phi) is 3.91. The van der Waals surface area contributed by atoms with E-state index in [-0.39, 0.29) is 11.9 Å². The Morgan fingerprint density at radius 2 is 2.35 bits per heavy atom. The Labute approximate surface area is 112 Å². The highest BCUT2D eigenvalue weighted by Crippen LogP contribution is 2.19. The summed E-state index contributed by atoms with van der Waals surface area (Å²) in [7, 11) is 0. The maximum absolute atomic E-state index is 11.9. The molecule has 2 aromatic rings. The van der Waals surface area contributed by atoms with E-state index < -0.39 is 0 Å². The SMILES string of the molecule is C[C@@H](NC(=O)c1cncc(Br)c1)c1cccs1. The van der Waals surface area contributed by atoms with E-state index in [2.05, 4.69) is 26.2 Å². The normalized spacial score (nSPS) is 12.1. The predicted octanol–water partition coefficient (Wildman–Crippen LogP) is 3.40. The van der Waals surface area contributed by atoms with Gasteiger partial charge in [-0.25, -0.2) is 0 Å². The Balaban J connectivity index is 2.07. The summed E-state index contributed by atoms with van der Waals surface area (Å²) in [6.45, 7) is 1.97. The van der Waals surface area contributed by atoms with Crippen LogP contribution in [0.3, 0.4) is 0 Å². The van der Waals surface area contributed by atoms with Crippen LogP contribution in [-0.2, 0) is 0 Å². The zero-order valence-electron chi connectivity index (χ0n) is 9.18. The van der Waals surface area contributed by atoms with Gasteiger partial charge in [-0.1, -0.05) is 6.07 Å². The third kappa shape index (κ3) is 3.14. The van der Waals surface area contributed by atoms with Crippen LogP contribution >= 0.6 is 27.3 Å². The number of thiophene rings is 1. The number of aromatic nitrogens is 1. The fourth-order valence-electron chi connectivity index (χ4n) is 1.42. The van der Waals surface area contributed by atoms with Crippen LogP contribution in [-0.4, -0.2) is 10.9 Å². The Bertz CT molecular complexity index is 513. The van der Waals surface area contributed by atoms with Gasteiger partial charge in [0.2, 0.25) is 0 Å². The molecule has 3 nitrogen and oxygen atoms in total. The van der Waals surface area contributed by atoms with E-state index >= 15 is 0 Å². The topological polar surface area (TPSA) is 42.0 Å². The Morgan fingerprint density at radius 1 is 1.53 bits per heavy atom. The summed E-state index contributed by atoms with van der Waals surface area (Å²) in [5.74, 6) is -0.111. The first-order valence-electron chi connectivity index (χ1n) is 5.11. The average molecular weight is 311 g/mol. The molecule has 0 saturated heterocycles. The second kappa shape index (κ2) is 5.42. The molecule has 2 heterocycles. The van der Waals surface area contributed by atoms with Crippen LogP contribution in [0, 0.1) is 0 Å². The van der Waals surface area contributed by atoms with Gasteiger partial charge in [0.1, 0.15) is 0 Å². The first-order valence-corrected chi connectivity index (χ1v) is 6.79. The van der Waals surface area contributed by atoms with Crippen LogP contribution in [0.25, 0.3) is 0 Å². The zero-order valence-corrected chi connectivity index (χ0v) is 11.6. The quantitative estimate of drug-likeness (QED) is 0.944. The minimum atomic E-state index is -0.111. The van der Waals surface area contributed by atoms with Crippen molar-refractivity contribution < 1.29 is 4.79 Å². The molecule has 0 aliphatic carbocycles. The van der Waals surface area contributed by atoms with E-state index in [1.165, 1.54) is 0 Å². The summed E-state index contributed by atoms with van der Waals surface area (Å²) in [5.41, 5.74) is 0.558. The number of nitrogens with one attached hydrogen (secondary N) is 1. The number of hydrogen-bond donors (Lipinski definition) is 1. The van der Waals surface area contributed by atoms with Crippen LogP contribution in [0.15, 0.2) is 40.4 Å². The molecule has 0 aliphatic rings. The van der Waals surface area contributed by atoms with Crippen molar-refractivity contribution in [1.29, 1.82) is 0 Å². The molecule has 0 radical (unpaired) electrons. The Hall–Kier alpha value is -1.20. The third-order valence-electron chi connectivity index (χ3n) is 2.28. The molecule has 0 aliphatic heterocycles. The number of nitrogens with zero attached hydrogens (tertiary/aromatic N) is 1. The van der Waals surface area contributed by atoms with E-state index in [1.54, 1.807) is 29.8 Å². The minimum absolute atomic E-state index is 0.0153. The molecule has 0 unspecified atom stereocenters. The number of hydrogen-bond acceptors (Lipinski definition) is 3. The number of pyridine rings is 1. The maximum atomic E-state index is 11.9. The molecule has 2 rings (SSSR count). The van der Waals surface area contributed by atoms with Gasteiger partial charge in [-0.3, -0.25) is 9.78 Å². The molecule has 1 atom stereocenters. The van der Waals surface area contributed by atoms with Gasteiger partial charge in [0, 0.05) is 21.7 Å². The summed E-state index contributed by atoms with van der Waals surface area (Å²) in [4.78, 5) is 17.0. The van der Waals surface area contributed by atoms with Crippen molar-refractivity contribution in [3.05, 3.63) is 50.9 Å². The highest BCUT2D eigenvalue weighted by atomic mass is 79.9.